The number of rotatable bonds is 20. The van der Waals surface area contributed by atoms with Gasteiger partial charge in [-0.05, 0) is 114 Å². The number of primary amides is 1. The number of carboxylic acids is 1. The van der Waals surface area contributed by atoms with Crippen molar-refractivity contribution in [3.8, 4) is 0 Å². The normalized spacial score (nSPS) is 25.1. The predicted molar refractivity (Wildman–Crippen MR) is 371 cm³/mol. The topological polar surface area (TPSA) is 397 Å². The Bertz CT molecular complexity index is 2670. The number of nitrogens with two attached hydrogens (primary N) is 2. The van der Waals surface area contributed by atoms with Crippen molar-refractivity contribution in [2.45, 2.75) is 242 Å². The SMILES string of the molecule is C/C=C/C[C@@H](C)[C@@H](O)[C@H]1C(=O)N[C@@H](CC)C(=O)N(C)CC(=O)N(C)[C@@H](CC(C)C)C(=O)N[C@@H](C(C)C)C(=O)N(C)[C@@H](CC(C)C)C(=O)N[C@@H](C)C(=O)N[C@H](C)C(=O)N(C)[C@@H](CC(C)C)C(=O)N(C)[C@@H](CC(C)C)C(=O)N(C)[C@@H](C(C)C)C(=O)N1C.NC(=O)NCCC[C@H](N)C(=O)O. The minimum absolute atomic E-state index is 0.0229. The van der Waals surface area contributed by atoms with E-state index < -0.39 is 174 Å². The van der Waals surface area contributed by atoms with Crippen molar-refractivity contribution in [3.05, 3.63) is 12.2 Å². The Morgan fingerprint density at radius 2 is 0.979 bits per heavy atom. The van der Waals surface area contributed by atoms with Crippen molar-refractivity contribution in [2.24, 2.45) is 52.9 Å². The second-order valence-electron chi connectivity index (χ2n) is 28.5. The average molecular weight is 1380 g/mol. The van der Waals surface area contributed by atoms with Crippen LogP contribution in [0.25, 0.3) is 0 Å². The van der Waals surface area contributed by atoms with Crippen LogP contribution in [-0.2, 0) is 57.5 Å². The molecule has 1 fully saturated rings. The van der Waals surface area contributed by atoms with E-state index in [9.17, 15) is 57.8 Å². The summed E-state index contributed by atoms with van der Waals surface area (Å²) in [5.74, 6) is -10.7. The van der Waals surface area contributed by atoms with Crippen LogP contribution in [0.1, 0.15) is 169 Å². The fourth-order valence-corrected chi connectivity index (χ4v) is 11.3. The summed E-state index contributed by atoms with van der Waals surface area (Å²) in [6.45, 7) is 29.7. The van der Waals surface area contributed by atoms with Crippen molar-refractivity contribution in [1.29, 1.82) is 0 Å². The molecule has 13 amide bonds. The van der Waals surface area contributed by atoms with Crippen molar-refractivity contribution < 1.29 is 72.5 Å². The molecule has 29 nitrogen and oxygen atoms in total. The minimum Gasteiger partial charge on any atom is -0.480 e. The highest BCUT2D eigenvalue weighted by Gasteiger charge is 2.46. The van der Waals surface area contributed by atoms with Crippen LogP contribution in [0, 0.1) is 41.4 Å². The molecule has 1 saturated heterocycles. The van der Waals surface area contributed by atoms with Crippen LogP contribution in [0.2, 0.25) is 0 Å². The number of amides is 13. The summed E-state index contributed by atoms with van der Waals surface area (Å²) in [5.41, 5.74) is 9.96. The highest BCUT2D eigenvalue weighted by Crippen LogP contribution is 2.26. The Kier molecular flexibility index (Phi) is 39.1. The summed E-state index contributed by atoms with van der Waals surface area (Å²) in [5, 5.41) is 33.7. The molecule has 0 saturated carbocycles. The van der Waals surface area contributed by atoms with Gasteiger partial charge in [0.05, 0.1) is 12.6 Å². The molecule has 0 bridgehead atoms. The van der Waals surface area contributed by atoms with Gasteiger partial charge in [0.25, 0.3) is 0 Å². The van der Waals surface area contributed by atoms with E-state index in [1.165, 1.54) is 87.7 Å². The van der Waals surface area contributed by atoms with Crippen LogP contribution in [0.3, 0.4) is 0 Å². The second-order valence-corrected chi connectivity index (χ2v) is 28.5. The lowest BCUT2D eigenvalue weighted by Gasteiger charge is -2.41. The van der Waals surface area contributed by atoms with E-state index >= 15 is 9.59 Å². The molecule has 1 heterocycles. The lowest BCUT2D eigenvalue weighted by Crippen LogP contribution is -2.63. The number of urea groups is 1. The second kappa shape index (κ2) is 42.4. The fraction of sp³-hybridized carbons (Fsp3) is 0.779. The van der Waals surface area contributed by atoms with Gasteiger partial charge in [-0.3, -0.25) is 57.5 Å². The molecule has 11 N–H and O–H groups in total. The first-order valence-corrected chi connectivity index (χ1v) is 34.1. The molecule has 13 atom stereocenters. The monoisotopic (exact) mass is 1380 g/mol. The zero-order chi connectivity index (χ0) is 75.5. The number of aliphatic hydroxyl groups excluding tert-OH is 1. The standard InChI is InChI=1S/C62H111N11O12.C6H13N3O3/c1-25-27-28-40(15)52(75)51-56(79)65-43(26-2)58(81)67(18)33-48(74)68(19)44(29-34(3)4)55(78)66-49(38(11)12)61(84)69(20)45(30-35(5)6)54(77)63-41(16)53(76)64-42(17)57(80)70(21)46(31-36(7)8)59(82)71(22)47(32-37(9)10)60(83)72(23)50(39(13)14)62(85)73(51)24;7-4(5(10)11)2-1-3-9-6(8)12/h25,27,34-47,49-52,75H,26,28-33H2,1-24H3,(H,63,77)(H,64,76)(H,65,79)(H,66,78);4H,1-3,7H2,(H,10,11)(H3,8,9,12)/b27-25+;/t40-,41+,42-,43+,44+,45+,46+,47+,49+,50+,51+,52-;4-/m10/s1. The van der Waals surface area contributed by atoms with Crippen LogP contribution < -0.4 is 38.1 Å². The highest BCUT2D eigenvalue weighted by molar-refractivity contribution is 5.99. The molecule has 0 spiro atoms. The van der Waals surface area contributed by atoms with Crippen LogP contribution in [0.4, 0.5) is 4.79 Å². The molecule has 1 aliphatic heterocycles. The molecule has 0 aromatic heterocycles. The molecule has 29 heteroatoms. The molecule has 0 aliphatic carbocycles. The van der Waals surface area contributed by atoms with E-state index in [0.29, 0.717) is 25.8 Å². The molecule has 97 heavy (non-hydrogen) atoms. The van der Waals surface area contributed by atoms with Crippen molar-refractivity contribution in [2.75, 3.05) is 62.4 Å². The quantitative estimate of drug-likeness (QED) is 0.0623. The minimum atomic E-state index is -1.61. The number of likely N-dealkylation sites (N-methyl/N-ethyl adjacent to an activating group) is 7. The number of hydrogen-bond donors (Lipinski definition) is 9. The summed E-state index contributed by atoms with van der Waals surface area (Å²) < 4.78 is 0. The number of carbonyl (C=O) groups is 13. The third kappa shape index (κ3) is 28.1. The van der Waals surface area contributed by atoms with Crippen LogP contribution in [-0.4, -0.2) is 256 Å². The predicted octanol–water partition coefficient (Wildman–Crippen LogP) is 2.12. The number of hydrogen-bond acceptors (Lipinski definition) is 15. The molecular formula is C68H124N14O15. The van der Waals surface area contributed by atoms with Crippen LogP contribution in [0.5, 0.6) is 0 Å². The molecule has 1 aliphatic rings. The summed E-state index contributed by atoms with van der Waals surface area (Å²) in [7, 11) is 9.92. The Morgan fingerprint density at radius 1 is 0.546 bits per heavy atom. The third-order valence-corrected chi connectivity index (χ3v) is 17.4. The highest BCUT2D eigenvalue weighted by atomic mass is 16.4. The van der Waals surface area contributed by atoms with Gasteiger partial charge in [0.2, 0.25) is 65.0 Å². The largest absolute Gasteiger partial charge is 0.480 e. The van der Waals surface area contributed by atoms with E-state index in [1.54, 1.807) is 54.5 Å². The average Bonchev–Trinajstić information content (AvgIpc) is 0.808. The van der Waals surface area contributed by atoms with Gasteiger partial charge in [-0.1, -0.05) is 109 Å². The van der Waals surface area contributed by atoms with E-state index in [4.69, 9.17) is 16.6 Å². The Balaban J connectivity index is 0.00000692. The van der Waals surface area contributed by atoms with Gasteiger partial charge >= 0.3 is 12.0 Å². The Morgan fingerprint density at radius 3 is 1.42 bits per heavy atom. The first-order chi connectivity index (χ1) is 44.7. The molecule has 0 radical (unpaired) electrons. The Labute approximate surface area is 577 Å². The lowest BCUT2D eigenvalue weighted by atomic mass is 9.91. The van der Waals surface area contributed by atoms with Gasteiger partial charge in [-0.2, -0.15) is 0 Å². The summed E-state index contributed by atoms with van der Waals surface area (Å²) in [4.78, 5) is 189. The van der Waals surface area contributed by atoms with Gasteiger partial charge < -0.3 is 82.6 Å². The van der Waals surface area contributed by atoms with E-state index in [0.717, 1.165) is 9.80 Å². The number of allylic oxidation sites excluding steroid dienone is 2. The number of nitrogens with zero attached hydrogens (tertiary/aromatic N) is 7. The fourth-order valence-electron chi connectivity index (χ4n) is 11.3. The Hall–Kier alpha value is -7.43. The number of carbonyl (C=O) groups excluding carboxylic acids is 12. The maximum Gasteiger partial charge on any atom is 0.320 e. The van der Waals surface area contributed by atoms with Gasteiger partial charge in [0, 0.05) is 55.9 Å². The lowest BCUT2D eigenvalue weighted by molar-refractivity contribution is -0.157. The van der Waals surface area contributed by atoms with Gasteiger partial charge in [-0.25, -0.2) is 4.79 Å². The first kappa shape index (κ1) is 89.6. The summed E-state index contributed by atoms with van der Waals surface area (Å²) >= 11 is 0. The van der Waals surface area contributed by atoms with E-state index in [1.807, 2.05) is 61.5 Å². The molecule has 0 aromatic rings. The van der Waals surface area contributed by atoms with Crippen molar-refractivity contribution in [1.82, 2.24) is 60.9 Å². The maximum atomic E-state index is 15.1. The number of carboxylic acid groups (broad SMARTS) is 1. The van der Waals surface area contributed by atoms with Gasteiger partial charge in [0.15, 0.2) is 0 Å². The third-order valence-electron chi connectivity index (χ3n) is 17.4. The van der Waals surface area contributed by atoms with Gasteiger partial charge in [0.1, 0.15) is 66.5 Å². The van der Waals surface area contributed by atoms with Gasteiger partial charge in [-0.15, -0.1) is 0 Å². The van der Waals surface area contributed by atoms with Crippen molar-refractivity contribution in [3.63, 3.8) is 0 Å². The zero-order valence-electron chi connectivity index (χ0n) is 62.7. The number of nitrogens with one attached hydrogen (secondary N) is 5. The smallest absolute Gasteiger partial charge is 0.320 e. The van der Waals surface area contributed by atoms with Crippen LogP contribution >= 0.6 is 0 Å². The maximum absolute atomic E-state index is 15.1. The van der Waals surface area contributed by atoms with E-state index in [2.05, 4.69) is 26.6 Å². The molecule has 556 valence electrons. The molecule has 0 aromatic carbocycles. The first-order valence-electron chi connectivity index (χ1n) is 34.1. The van der Waals surface area contributed by atoms with E-state index in [-0.39, 0.29) is 55.8 Å². The summed E-state index contributed by atoms with van der Waals surface area (Å²) in [6, 6.07) is -13.8. The zero-order valence-corrected chi connectivity index (χ0v) is 62.7. The molecular weight excluding hydrogens is 1250 g/mol. The van der Waals surface area contributed by atoms with Crippen molar-refractivity contribution >= 4 is 77.0 Å². The molecule has 0 unspecified atom stereocenters. The molecule has 1 rings (SSSR count). The van der Waals surface area contributed by atoms with Crippen LogP contribution in [0.15, 0.2) is 12.2 Å². The summed E-state index contributed by atoms with van der Waals surface area (Å²) in [6.07, 6.45) is 3.88. The number of aliphatic hydroxyl groups is 1. The number of aliphatic carboxylic acids is 1.